The Morgan fingerprint density at radius 1 is 1.15 bits per heavy atom. The van der Waals surface area contributed by atoms with Crippen molar-refractivity contribution < 1.29 is 28.0 Å². The van der Waals surface area contributed by atoms with Gasteiger partial charge in [-0.25, -0.2) is 4.79 Å². The van der Waals surface area contributed by atoms with Gasteiger partial charge in [-0.05, 0) is 43.7 Å². The maximum Gasteiger partial charge on any atom is 0.416 e. The molecule has 0 radical (unpaired) electrons. The lowest BCUT2D eigenvalue weighted by Crippen LogP contribution is -2.28. The summed E-state index contributed by atoms with van der Waals surface area (Å²) >= 11 is 0. The largest absolute Gasteiger partial charge is 0.465 e. The molecule has 2 rings (SSSR count). The number of nitro groups is 1. The zero-order valence-corrected chi connectivity index (χ0v) is 13.9. The van der Waals surface area contributed by atoms with E-state index in [1.54, 1.807) is 0 Å². The van der Waals surface area contributed by atoms with Crippen LogP contribution >= 0.6 is 0 Å². The summed E-state index contributed by atoms with van der Waals surface area (Å²) in [7, 11) is 0. The number of alkyl halides is 3. The average Bonchev–Trinajstić information content (AvgIpc) is 2.50. The fraction of sp³-hybridized carbons (Fsp3) is 0.235. The van der Waals surface area contributed by atoms with Crippen LogP contribution in [-0.2, 0) is 12.7 Å². The first-order valence-electron chi connectivity index (χ1n) is 7.43. The van der Waals surface area contributed by atoms with Gasteiger partial charge in [0.25, 0.3) is 5.69 Å². The second kappa shape index (κ2) is 7.03. The molecule has 2 aromatic rings. The Hall–Kier alpha value is -3.10. The zero-order valence-electron chi connectivity index (χ0n) is 13.9. The van der Waals surface area contributed by atoms with Gasteiger partial charge in [0.2, 0.25) is 0 Å². The molecule has 9 heteroatoms. The molecule has 1 N–H and O–H groups in total. The summed E-state index contributed by atoms with van der Waals surface area (Å²) in [5.74, 6) is 0. The standard InChI is InChI=1S/C17H15F3N2O4/c1-10-7-14(8-11(2)15(10)22(25)26)21(16(23)24)9-12-3-5-13(6-4-12)17(18,19)20/h3-8H,9H2,1-2H3,(H,23,24). The molecule has 0 saturated carbocycles. The van der Waals surface area contributed by atoms with Crippen LogP contribution in [0.25, 0.3) is 0 Å². The van der Waals surface area contributed by atoms with Crippen molar-refractivity contribution in [3.05, 3.63) is 68.8 Å². The highest BCUT2D eigenvalue weighted by Gasteiger charge is 2.30. The number of amides is 1. The lowest BCUT2D eigenvalue weighted by molar-refractivity contribution is -0.386. The summed E-state index contributed by atoms with van der Waals surface area (Å²) in [6.07, 6.45) is -5.80. The van der Waals surface area contributed by atoms with Crippen molar-refractivity contribution >= 4 is 17.5 Å². The van der Waals surface area contributed by atoms with Crippen molar-refractivity contribution in [2.24, 2.45) is 0 Å². The fourth-order valence-corrected chi connectivity index (χ4v) is 2.63. The van der Waals surface area contributed by atoms with E-state index in [1.165, 1.54) is 38.1 Å². The molecule has 0 unspecified atom stereocenters. The highest BCUT2D eigenvalue weighted by Crippen LogP contribution is 2.31. The molecule has 0 atom stereocenters. The van der Waals surface area contributed by atoms with Gasteiger partial charge in [0.05, 0.1) is 17.0 Å². The van der Waals surface area contributed by atoms with E-state index in [0.717, 1.165) is 17.0 Å². The van der Waals surface area contributed by atoms with Crippen molar-refractivity contribution in [1.82, 2.24) is 0 Å². The molecule has 0 spiro atoms. The van der Waals surface area contributed by atoms with Crippen molar-refractivity contribution in [2.75, 3.05) is 4.90 Å². The van der Waals surface area contributed by atoms with Gasteiger partial charge in [-0.15, -0.1) is 0 Å². The number of hydrogen-bond acceptors (Lipinski definition) is 3. The SMILES string of the molecule is Cc1cc(N(Cc2ccc(C(F)(F)F)cc2)C(=O)O)cc(C)c1[N+](=O)[O-]. The van der Waals surface area contributed by atoms with Crippen molar-refractivity contribution in [2.45, 2.75) is 26.6 Å². The molecule has 26 heavy (non-hydrogen) atoms. The second-order valence-corrected chi connectivity index (χ2v) is 5.75. The van der Waals surface area contributed by atoms with Crippen LogP contribution in [0, 0.1) is 24.0 Å². The van der Waals surface area contributed by atoms with Crippen molar-refractivity contribution in [3.63, 3.8) is 0 Å². The lowest BCUT2D eigenvalue weighted by atomic mass is 10.1. The van der Waals surface area contributed by atoms with Gasteiger partial charge < -0.3 is 5.11 Å². The molecule has 0 bridgehead atoms. The number of nitrogens with zero attached hydrogens (tertiary/aromatic N) is 2. The topological polar surface area (TPSA) is 83.7 Å². The second-order valence-electron chi connectivity index (χ2n) is 5.75. The van der Waals surface area contributed by atoms with Gasteiger partial charge in [0.1, 0.15) is 0 Å². The van der Waals surface area contributed by atoms with Gasteiger partial charge in [0, 0.05) is 16.8 Å². The maximum atomic E-state index is 12.6. The summed E-state index contributed by atoms with van der Waals surface area (Å²) in [5, 5.41) is 20.5. The Morgan fingerprint density at radius 3 is 2.04 bits per heavy atom. The lowest BCUT2D eigenvalue weighted by Gasteiger charge is -2.21. The first-order chi connectivity index (χ1) is 12.0. The molecule has 0 saturated heterocycles. The molecule has 2 aromatic carbocycles. The molecule has 138 valence electrons. The van der Waals surface area contributed by atoms with Gasteiger partial charge in [-0.3, -0.25) is 15.0 Å². The monoisotopic (exact) mass is 368 g/mol. The number of carboxylic acid groups (broad SMARTS) is 1. The number of nitro benzene ring substituents is 1. The Morgan fingerprint density at radius 2 is 1.65 bits per heavy atom. The maximum absolute atomic E-state index is 12.6. The number of halogens is 3. The van der Waals surface area contributed by atoms with E-state index in [9.17, 15) is 33.2 Å². The van der Waals surface area contributed by atoms with Crippen molar-refractivity contribution in [1.29, 1.82) is 0 Å². The van der Waals surface area contributed by atoms with Gasteiger partial charge in [-0.2, -0.15) is 13.2 Å². The van der Waals surface area contributed by atoms with Crippen LogP contribution in [0.5, 0.6) is 0 Å². The third-order valence-electron chi connectivity index (χ3n) is 3.82. The summed E-state index contributed by atoms with van der Waals surface area (Å²) in [5.41, 5.74) is 0.221. The van der Waals surface area contributed by atoms with E-state index >= 15 is 0 Å². The van der Waals surface area contributed by atoms with Gasteiger partial charge in [-0.1, -0.05) is 12.1 Å². The molecule has 0 fully saturated rings. The number of anilines is 1. The molecule has 6 nitrogen and oxygen atoms in total. The van der Waals surface area contributed by atoms with Crippen LogP contribution in [0.2, 0.25) is 0 Å². The molecular formula is C17H15F3N2O4. The third-order valence-corrected chi connectivity index (χ3v) is 3.82. The van der Waals surface area contributed by atoms with E-state index in [1.807, 2.05) is 0 Å². The molecule has 0 heterocycles. The molecule has 0 aliphatic heterocycles. The zero-order chi connectivity index (χ0) is 19.6. The van der Waals surface area contributed by atoms with E-state index in [-0.39, 0.29) is 17.9 Å². The first-order valence-corrected chi connectivity index (χ1v) is 7.43. The molecule has 1 amide bonds. The van der Waals surface area contributed by atoms with Crippen LogP contribution in [-0.4, -0.2) is 16.1 Å². The normalized spacial score (nSPS) is 11.3. The van der Waals surface area contributed by atoms with Crippen LogP contribution in [0.1, 0.15) is 22.3 Å². The minimum Gasteiger partial charge on any atom is -0.465 e. The predicted molar refractivity (Wildman–Crippen MR) is 88.2 cm³/mol. The minimum atomic E-state index is -4.47. The summed E-state index contributed by atoms with van der Waals surface area (Å²) in [6, 6.07) is 6.88. The van der Waals surface area contributed by atoms with E-state index in [4.69, 9.17) is 0 Å². The molecule has 0 aliphatic rings. The summed E-state index contributed by atoms with van der Waals surface area (Å²) < 4.78 is 37.8. The van der Waals surface area contributed by atoms with E-state index in [0.29, 0.717) is 16.7 Å². The van der Waals surface area contributed by atoms with Crippen molar-refractivity contribution in [3.8, 4) is 0 Å². The number of rotatable bonds is 4. The van der Waals surface area contributed by atoms with E-state index in [2.05, 4.69) is 0 Å². The average molecular weight is 368 g/mol. The summed E-state index contributed by atoms with van der Waals surface area (Å²) in [6.45, 7) is 2.80. The molecule has 0 aromatic heterocycles. The number of hydrogen-bond donors (Lipinski definition) is 1. The van der Waals surface area contributed by atoms with Gasteiger partial charge in [0.15, 0.2) is 0 Å². The quantitative estimate of drug-likeness (QED) is 0.614. The van der Waals surface area contributed by atoms with Gasteiger partial charge >= 0.3 is 12.3 Å². The highest BCUT2D eigenvalue weighted by molar-refractivity contribution is 5.86. The number of benzene rings is 2. The Bertz CT molecular complexity index is 825. The Kier molecular flexibility index (Phi) is 5.20. The smallest absolute Gasteiger partial charge is 0.416 e. The number of aryl methyl sites for hydroxylation is 2. The number of carbonyl (C=O) groups is 1. The minimum absolute atomic E-state index is 0.103. The molecule has 0 aliphatic carbocycles. The first kappa shape index (κ1) is 19.2. The Balaban J connectivity index is 2.36. The third kappa shape index (κ3) is 4.11. The highest BCUT2D eigenvalue weighted by atomic mass is 19.4. The van der Waals surface area contributed by atoms with Crippen LogP contribution in [0.15, 0.2) is 36.4 Å². The summed E-state index contributed by atoms with van der Waals surface area (Å²) in [4.78, 5) is 23.0. The fourth-order valence-electron chi connectivity index (χ4n) is 2.63. The van der Waals surface area contributed by atoms with Crippen LogP contribution in [0.3, 0.4) is 0 Å². The van der Waals surface area contributed by atoms with E-state index < -0.39 is 22.8 Å². The predicted octanol–water partition coefficient (Wildman–Crippen LogP) is 4.92. The van der Waals surface area contributed by atoms with Crippen LogP contribution in [0.4, 0.5) is 29.3 Å². The van der Waals surface area contributed by atoms with Crippen LogP contribution < -0.4 is 4.90 Å². The molecular weight excluding hydrogens is 353 g/mol. The Labute approximate surface area is 146 Å².